The highest BCUT2D eigenvalue weighted by molar-refractivity contribution is 5.61. The van der Waals surface area contributed by atoms with Gasteiger partial charge in [0.2, 0.25) is 0 Å². The summed E-state index contributed by atoms with van der Waals surface area (Å²) in [6, 6.07) is 6.15. The van der Waals surface area contributed by atoms with Crippen LogP contribution in [0.3, 0.4) is 0 Å². The van der Waals surface area contributed by atoms with Crippen LogP contribution in [0.5, 0.6) is 0 Å². The Morgan fingerprint density at radius 1 is 1.22 bits per heavy atom. The van der Waals surface area contributed by atoms with Crippen molar-refractivity contribution < 1.29 is 10.2 Å². The lowest BCUT2D eigenvalue weighted by molar-refractivity contribution is 0.0806. The molecule has 0 aliphatic carbocycles. The van der Waals surface area contributed by atoms with Crippen molar-refractivity contribution in [3.8, 4) is 0 Å². The van der Waals surface area contributed by atoms with Crippen LogP contribution in [0.4, 0.5) is 11.4 Å². The smallest absolute Gasteiger partial charge is 0.0523 e. The van der Waals surface area contributed by atoms with Crippen LogP contribution in [-0.4, -0.2) is 44.1 Å². The number of aliphatic hydroxyl groups is 2. The molecule has 0 bridgehead atoms. The highest BCUT2D eigenvalue weighted by Gasteiger charge is 2.22. The molecule has 0 unspecified atom stereocenters. The summed E-state index contributed by atoms with van der Waals surface area (Å²) in [7, 11) is 4.02. The van der Waals surface area contributed by atoms with Gasteiger partial charge in [-0.3, -0.25) is 0 Å². The number of anilines is 2. The van der Waals surface area contributed by atoms with Crippen LogP contribution >= 0.6 is 0 Å². The normalized spacial score (nSPS) is 11.4. The van der Waals surface area contributed by atoms with Crippen molar-refractivity contribution in [2.45, 2.75) is 13.8 Å². The fourth-order valence-electron chi connectivity index (χ4n) is 1.68. The van der Waals surface area contributed by atoms with Crippen LogP contribution in [0.2, 0.25) is 0 Å². The predicted molar refractivity (Wildman–Crippen MR) is 76.3 cm³/mol. The molecule has 3 N–H and O–H groups in total. The number of aryl methyl sites for hydroxylation is 1. The number of hydrogen-bond acceptors (Lipinski definition) is 4. The fourth-order valence-corrected chi connectivity index (χ4v) is 1.68. The molecule has 1 aromatic rings. The van der Waals surface area contributed by atoms with E-state index >= 15 is 0 Å². The van der Waals surface area contributed by atoms with Crippen molar-refractivity contribution >= 4 is 11.4 Å². The van der Waals surface area contributed by atoms with E-state index in [0.29, 0.717) is 6.54 Å². The SMILES string of the molecule is Cc1ccc(NCC(C)(CO)CO)cc1N(C)C. The highest BCUT2D eigenvalue weighted by atomic mass is 16.3. The predicted octanol–water partition coefficient (Wildman–Crippen LogP) is 1.46. The van der Waals surface area contributed by atoms with Crippen LogP contribution in [-0.2, 0) is 0 Å². The fraction of sp³-hybridized carbons (Fsp3) is 0.571. The summed E-state index contributed by atoms with van der Waals surface area (Å²) in [6.07, 6.45) is 0. The second kappa shape index (κ2) is 6.07. The third-order valence-corrected chi connectivity index (χ3v) is 3.17. The minimum atomic E-state index is -0.497. The van der Waals surface area contributed by atoms with Crippen molar-refractivity contribution in [3.63, 3.8) is 0 Å². The van der Waals surface area contributed by atoms with E-state index in [0.717, 1.165) is 11.4 Å². The maximum atomic E-state index is 9.24. The molecule has 0 fully saturated rings. The Morgan fingerprint density at radius 3 is 2.33 bits per heavy atom. The number of nitrogens with one attached hydrogen (secondary N) is 1. The van der Waals surface area contributed by atoms with Gasteiger partial charge in [0.1, 0.15) is 0 Å². The Labute approximate surface area is 109 Å². The van der Waals surface area contributed by atoms with E-state index in [-0.39, 0.29) is 13.2 Å². The summed E-state index contributed by atoms with van der Waals surface area (Å²) in [6.45, 7) is 4.38. The molecule has 18 heavy (non-hydrogen) atoms. The van der Waals surface area contributed by atoms with Crippen molar-refractivity contribution in [2.75, 3.05) is 44.1 Å². The Bertz CT molecular complexity index is 387. The minimum Gasteiger partial charge on any atom is -0.396 e. The van der Waals surface area contributed by atoms with Crippen LogP contribution < -0.4 is 10.2 Å². The number of nitrogens with zero attached hydrogens (tertiary/aromatic N) is 1. The molecule has 0 aliphatic rings. The topological polar surface area (TPSA) is 55.7 Å². The van der Waals surface area contributed by atoms with Crippen molar-refractivity contribution in [1.82, 2.24) is 0 Å². The largest absolute Gasteiger partial charge is 0.396 e. The summed E-state index contributed by atoms with van der Waals surface area (Å²) >= 11 is 0. The second-order valence-electron chi connectivity index (χ2n) is 5.38. The van der Waals surface area contributed by atoms with Crippen molar-refractivity contribution in [2.24, 2.45) is 5.41 Å². The zero-order valence-corrected chi connectivity index (χ0v) is 11.7. The first-order chi connectivity index (χ1) is 8.41. The van der Waals surface area contributed by atoms with Gasteiger partial charge in [-0.25, -0.2) is 0 Å². The standard InChI is InChI=1S/C14H24N2O2/c1-11-5-6-12(7-13(11)16(3)4)15-8-14(2,9-17)10-18/h5-7,15,17-18H,8-10H2,1-4H3. The second-order valence-corrected chi connectivity index (χ2v) is 5.38. The molecule has 102 valence electrons. The summed E-state index contributed by atoms with van der Waals surface area (Å²) in [5.41, 5.74) is 2.88. The van der Waals surface area contributed by atoms with Crippen molar-refractivity contribution in [1.29, 1.82) is 0 Å². The van der Waals surface area contributed by atoms with Gasteiger partial charge in [-0.05, 0) is 24.6 Å². The maximum absolute atomic E-state index is 9.24. The van der Waals surface area contributed by atoms with Crippen LogP contribution in [0.25, 0.3) is 0 Å². The molecule has 0 amide bonds. The van der Waals surface area contributed by atoms with E-state index in [2.05, 4.69) is 29.3 Å². The number of hydrogen-bond donors (Lipinski definition) is 3. The number of aliphatic hydroxyl groups excluding tert-OH is 2. The van der Waals surface area contributed by atoms with Gasteiger partial charge in [-0.2, -0.15) is 0 Å². The highest BCUT2D eigenvalue weighted by Crippen LogP contribution is 2.23. The molecule has 0 radical (unpaired) electrons. The zero-order valence-electron chi connectivity index (χ0n) is 11.7. The van der Waals surface area contributed by atoms with E-state index in [1.54, 1.807) is 0 Å². The molecule has 0 aliphatic heterocycles. The molecule has 0 aromatic heterocycles. The molecule has 1 rings (SSSR count). The third kappa shape index (κ3) is 3.62. The monoisotopic (exact) mass is 252 g/mol. The Kier molecular flexibility index (Phi) is 4.99. The van der Waals surface area contributed by atoms with E-state index in [4.69, 9.17) is 0 Å². The molecule has 1 aromatic carbocycles. The van der Waals surface area contributed by atoms with E-state index in [9.17, 15) is 10.2 Å². The molecule has 0 saturated carbocycles. The molecule has 0 atom stereocenters. The molecular weight excluding hydrogens is 228 g/mol. The quantitative estimate of drug-likeness (QED) is 0.717. The third-order valence-electron chi connectivity index (χ3n) is 3.17. The molecular formula is C14H24N2O2. The summed E-state index contributed by atoms with van der Waals surface area (Å²) in [4.78, 5) is 2.07. The van der Waals surface area contributed by atoms with Crippen LogP contribution in [0.15, 0.2) is 18.2 Å². The van der Waals surface area contributed by atoms with Gasteiger partial charge in [0.25, 0.3) is 0 Å². The van der Waals surface area contributed by atoms with Gasteiger partial charge in [-0.1, -0.05) is 13.0 Å². The van der Waals surface area contributed by atoms with Gasteiger partial charge in [0, 0.05) is 37.4 Å². The lowest BCUT2D eigenvalue weighted by atomic mass is 9.93. The summed E-state index contributed by atoms with van der Waals surface area (Å²) in [5, 5.41) is 21.7. The molecule has 0 spiro atoms. The first kappa shape index (κ1) is 14.8. The van der Waals surface area contributed by atoms with E-state index in [1.807, 2.05) is 27.1 Å². The van der Waals surface area contributed by atoms with E-state index < -0.39 is 5.41 Å². The summed E-state index contributed by atoms with van der Waals surface area (Å²) < 4.78 is 0. The van der Waals surface area contributed by atoms with E-state index in [1.165, 1.54) is 5.56 Å². The van der Waals surface area contributed by atoms with Crippen molar-refractivity contribution in [3.05, 3.63) is 23.8 Å². The first-order valence-corrected chi connectivity index (χ1v) is 6.15. The zero-order chi connectivity index (χ0) is 13.8. The molecule has 4 nitrogen and oxygen atoms in total. The Hall–Kier alpha value is -1.26. The average Bonchev–Trinajstić information content (AvgIpc) is 2.37. The van der Waals surface area contributed by atoms with Gasteiger partial charge >= 0.3 is 0 Å². The van der Waals surface area contributed by atoms with Gasteiger partial charge < -0.3 is 20.4 Å². The van der Waals surface area contributed by atoms with Gasteiger partial charge in [-0.15, -0.1) is 0 Å². The lowest BCUT2D eigenvalue weighted by Crippen LogP contribution is -2.34. The average molecular weight is 252 g/mol. The first-order valence-electron chi connectivity index (χ1n) is 6.15. The Morgan fingerprint density at radius 2 is 1.83 bits per heavy atom. The van der Waals surface area contributed by atoms with Gasteiger partial charge in [0.15, 0.2) is 0 Å². The molecule has 4 heteroatoms. The molecule has 0 saturated heterocycles. The minimum absolute atomic E-state index is 0.0388. The van der Waals surface area contributed by atoms with Gasteiger partial charge in [0.05, 0.1) is 13.2 Å². The maximum Gasteiger partial charge on any atom is 0.0523 e. The Balaban J connectivity index is 2.77. The number of rotatable bonds is 6. The molecule has 0 heterocycles. The number of benzene rings is 1. The van der Waals surface area contributed by atoms with Crippen LogP contribution in [0.1, 0.15) is 12.5 Å². The van der Waals surface area contributed by atoms with Crippen LogP contribution in [0, 0.1) is 12.3 Å². The summed E-state index contributed by atoms with van der Waals surface area (Å²) in [5.74, 6) is 0. The lowest BCUT2D eigenvalue weighted by Gasteiger charge is -2.26.